The second-order valence-corrected chi connectivity index (χ2v) is 4.70. The lowest BCUT2D eigenvalue weighted by Crippen LogP contribution is -2.40. The molecule has 1 N–H and O–H groups in total. The van der Waals surface area contributed by atoms with E-state index < -0.39 is 0 Å². The van der Waals surface area contributed by atoms with E-state index >= 15 is 0 Å². The van der Waals surface area contributed by atoms with Crippen molar-refractivity contribution in [3.8, 4) is 0 Å². The van der Waals surface area contributed by atoms with E-state index in [2.05, 4.69) is 0 Å². The van der Waals surface area contributed by atoms with Gasteiger partial charge in [-0.25, -0.2) is 0 Å². The molecule has 0 aliphatic carbocycles. The molecule has 1 saturated heterocycles. The number of aliphatic hydroxyl groups excluding tert-OH is 1. The predicted molar refractivity (Wildman–Crippen MR) is 59.8 cm³/mol. The molecule has 0 atom stereocenters. The minimum atomic E-state index is -0.213. The molecule has 0 aromatic carbocycles. The van der Waals surface area contributed by atoms with E-state index in [4.69, 9.17) is 0 Å². The molecule has 0 saturated carbocycles. The first kappa shape index (κ1) is 10.6. The Bertz CT molecular complexity index is 315. The Morgan fingerprint density at radius 1 is 1.53 bits per heavy atom. The summed E-state index contributed by atoms with van der Waals surface area (Å²) in [4.78, 5) is 13.7. The largest absolute Gasteiger partial charge is 0.393 e. The number of nitrogens with zero attached hydrogens (tertiary/aromatic N) is 1. The average Bonchev–Trinajstić information content (AvgIpc) is 2.71. The highest BCUT2D eigenvalue weighted by Crippen LogP contribution is 2.13. The van der Waals surface area contributed by atoms with Crippen molar-refractivity contribution < 1.29 is 9.90 Å². The van der Waals surface area contributed by atoms with Gasteiger partial charge >= 0.3 is 0 Å². The average molecular weight is 225 g/mol. The zero-order chi connectivity index (χ0) is 10.7. The van der Waals surface area contributed by atoms with Gasteiger partial charge < -0.3 is 10.0 Å². The zero-order valence-corrected chi connectivity index (χ0v) is 9.37. The van der Waals surface area contributed by atoms with Crippen molar-refractivity contribution in [2.75, 3.05) is 13.1 Å². The minimum absolute atomic E-state index is 0.181. The third kappa shape index (κ3) is 2.79. The third-order valence-electron chi connectivity index (χ3n) is 2.75. The summed E-state index contributed by atoms with van der Waals surface area (Å²) in [6.45, 7) is 1.40. The molecule has 82 valence electrons. The normalized spacial score (nSPS) is 18.1. The minimum Gasteiger partial charge on any atom is -0.393 e. The molecule has 2 rings (SSSR count). The number of amides is 1. The molecular weight excluding hydrogens is 210 g/mol. The molecule has 1 aliphatic rings. The van der Waals surface area contributed by atoms with Crippen molar-refractivity contribution in [1.29, 1.82) is 0 Å². The van der Waals surface area contributed by atoms with E-state index in [0.29, 0.717) is 19.5 Å². The lowest BCUT2D eigenvalue weighted by atomic mass is 10.1. The van der Waals surface area contributed by atoms with Crippen LogP contribution >= 0.6 is 11.3 Å². The third-order valence-corrected chi connectivity index (χ3v) is 3.48. The van der Waals surface area contributed by atoms with E-state index in [1.165, 1.54) is 0 Å². The summed E-state index contributed by atoms with van der Waals surface area (Å²) in [5.74, 6) is 0.181. The van der Waals surface area contributed by atoms with E-state index in [0.717, 1.165) is 18.4 Å². The van der Waals surface area contributed by atoms with Gasteiger partial charge in [0, 0.05) is 13.1 Å². The quantitative estimate of drug-likeness (QED) is 0.823. The van der Waals surface area contributed by atoms with Crippen molar-refractivity contribution in [2.45, 2.75) is 25.4 Å². The Morgan fingerprint density at radius 2 is 2.27 bits per heavy atom. The van der Waals surface area contributed by atoms with E-state index in [-0.39, 0.29) is 12.0 Å². The van der Waals surface area contributed by atoms with Crippen LogP contribution in [-0.2, 0) is 11.2 Å². The van der Waals surface area contributed by atoms with Gasteiger partial charge in [-0.1, -0.05) is 0 Å². The second kappa shape index (κ2) is 4.77. The topological polar surface area (TPSA) is 40.5 Å². The van der Waals surface area contributed by atoms with Gasteiger partial charge in [0.2, 0.25) is 5.91 Å². The predicted octanol–water partition coefficient (Wildman–Crippen LogP) is 1.27. The number of likely N-dealkylation sites (tertiary alicyclic amines) is 1. The standard InChI is InChI=1S/C11H15NO2S/c13-10-1-4-12(5-2-10)11(14)7-9-3-6-15-8-9/h3,6,8,10,13H,1-2,4-5,7H2. The fraction of sp³-hybridized carbons (Fsp3) is 0.545. The van der Waals surface area contributed by atoms with E-state index in [1.54, 1.807) is 11.3 Å². The Hall–Kier alpha value is -0.870. The molecule has 0 unspecified atom stereocenters. The van der Waals surface area contributed by atoms with Crippen molar-refractivity contribution in [2.24, 2.45) is 0 Å². The maximum absolute atomic E-state index is 11.8. The number of aliphatic hydroxyl groups is 1. The fourth-order valence-electron chi connectivity index (χ4n) is 1.79. The van der Waals surface area contributed by atoms with Crippen molar-refractivity contribution >= 4 is 17.2 Å². The lowest BCUT2D eigenvalue weighted by Gasteiger charge is -2.29. The van der Waals surface area contributed by atoms with Gasteiger partial charge in [-0.05, 0) is 35.2 Å². The van der Waals surface area contributed by atoms with Gasteiger partial charge in [-0.3, -0.25) is 4.79 Å². The highest BCUT2D eigenvalue weighted by Gasteiger charge is 2.21. The number of carbonyl (C=O) groups is 1. The van der Waals surface area contributed by atoms with Crippen LogP contribution in [0.2, 0.25) is 0 Å². The van der Waals surface area contributed by atoms with Crippen LogP contribution in [0.3, 0.4) is 0 Å². The Balaban J connectivity index is 1.86. The summed E-state index contributed by atoms with van der Waals surface area (Å²) in [5, 5.41) is 13.3. The molecule has 0 radical (unpaired) electrons. The fourth-order valence-corrected chi connectivity index (χ4v) is 2.46. The molecule has 0 bridgehead atoms. The van der Waals surface area contributed by atoms with Crippen LogP contribution in [0.25, 0.3) is 0 Å². The van der Waals surface area contributed by atoms with Gasteiger partial charge in [0.15, 0.2) is 0 Å². The molecule has 1 aromatic heterocycles. The van der Waals surface area contributed by atoms with Crippen LogP contribution in [0.4, 0.5) is 0 Å². The van der Waals surface area contributed by atoms with Crippen LogP contribution < -0.4 is 0 Å². The van der Waals surface area contributed by atoms with Crippen LogP contribution in [0, 0.1) is 0 Å². The first-order valence-electron chi connectivity index (χ1n) is 5.22. The van der Waals surface area contributed by atoms with E-state index in [9.17, 15) is 9.90 Å². The van der Waals surface area contributed by atoms with Gasteiger partial charge in [0.25, 0.3) is 0 Å². The Morgan fingerprint density at radius 3 is 2.87 bits per heavy atom. The molecule has 1 aliphatic heterocycles. The second-order valence-electron chi connectivity index (χ2n) is 3.92. The van der Waals surface area contributed by atoms with Crippen LogP contribution in [0.1, 0.15) is 18.4 Å². The first-order valence-corrected chi connectivity index (χ1v) is 6.17. The molecule has 1 fully saturated rings. The summed E-state index contributed by atoms with van der Waals surface area (Å²) >= 11 is 1.62. The van der Waals surface area contributed by atoms with Gasteiger partial charge in [-0.2, -0.15) is 11.3 Å². The number of hydrogen-bond donors (Lipinski definition) is 1. The Labute approximate surface area is 93.3 Å². The molecule has 4 heteroatoms. The van der Waals surface area contributed by atoms with Gasteiger partial charge in [0.1, 0.15) is 0 Å². The maximum Gasteiger partial charge on any atom is 0.227 e. The molecule has 15 heavy (non-hydrogen) atoms. The smallest absolute Gasteiger partial charge is 0.227 e. The summed E-state index contributed by atoms with van der Waals surface area (Å²) in [7, 11) is 0. The first-order chi connectivity index (χ1) is 7.25. The summed E-state index contributed by atoms with van der Waals surface area (Å²) in [5.41, 5.74) is 1.09. The summed E-state index contributed by atoms with van der Waals surface area (Å²) < 4.78 is 0. The summed E-state index contributed by atoms with van der Waals surface area (Å²) in [6.07, 6.45) is 1.72. The van der Waals surface area contributed by atoms with Crippen molar-refractivity contribution in [1.82, 2.24) is 4.90 Å². The number of rotatable bonds is 2. The summed E-state index contributed by atoms with van der Waals surface area (Å²) in [6, 6.07) is 1.99. The molecule has 1 aromatic rings. The SMILES string of the molecule is O=C(Cc1ccsc1)N1CCC(O)CC1. The highest BCUT2D eigenvalue weighted by atomic mass is 32.1. The molecule has 3 nitrogen and oxygen atoms in total. The number of carbonyl (C=O) groups excluding carboxylic acids is 1. The van der Waals surface area contributed by atoms with Crippen molar-refractivity contribution in [3.63, 3.8) is 0 Å². The van der Waals surface area contributed by atoms with Gasteiger partial charge in [0.05, 0.1) is 12.5 Å². The molecule has 2 heterocycles. The van der Waals surface area contributed by atoms with Crippen LogP contribution in [0.5, 0.6) is 0 Å². The van der Waals surface area contributed by atoms with Crippen molar-refractivity contribution in [3.05, 3.63) is 22.4 Å². The van der Waals surface area contributed by atoms with Crippen LogP contribution in [-0.4, -0.2) is 35.1 Å². The van der Waals surface area contributed by atoms with Crippen LogP contribution in [0.15, 0.2) is 16.8 Å². The zero-order valence-electron chi connectivity index (χ0n) is 8.56. The molecule has 0 spiro atoms. The monoisotopic (exact) mass is 225 g/mol. The molecular formula is C11H15NO2S. The lowest BCUT2D eigenvalue weighted by molar-refractivity contribution is -0.132. The highest BCUT2D eigenvalue weighted by molar-refractivity contribution is 7.07. The van der Waals surface area contributed by atoms with E-state index in [1.807, 2.05) is 21.7 Å². The Kier molecular flexibility index (Phi) is 3.38. The number of piperidine rings is 1. The number of thiophene rings is 1. The van der Waals surface area contributed by atoms with Gasteiger partial charge in [-0.15, -0.1) is 0 Å². The number of hydrogen-bond acceptors (Lipinski definition) is 3. The molecule has 1 amide bonds. The maximum atomic E-state index is 11.8.